The van der Waals surface area contributed by atoms with Crippen LogP contribution < -0.4 is 14.4 Å². The zero-order valence-electron chi connectivity index (χ0n) is 20.7. The second kappa shape index (κ2) is 10.7. The number of para-hydroxylation sites is 2. The molecule has 5 aromatic rings. The van der Waals surface area contributed by atoms with Crippen LogP contribution in [0.5, 0.6) is 5.75 Å². The lowest BCUT2D eigenvalue weighted by Crippen LogP contribution is -2.30. The molecule has 0 bridgehead atoms. The van der Waals surface area contributed by atoms with Gasteiger partial charge in [-0.3, -0.25) is 14.4 Å². The Balaban J connectivity index is 1.31. The zero-order valence-corrected chi connectivity index (χ0v) is 22.4. The predicted molar refractivity (Wildman–Crippen MR) is 150 cm³/mol. The Morgan fingerprint density at radius 2 is 1.79 bits per heavy atom. The molecular formula is C28H25N3O5S2. The Labute approximate surface area is 224 Å². The summed E-state index contributed by atoms with van der Waals surface area (Å²) in [5.41, 5.74) is 2.13. The van der Waals surface area contributed by atoms with Crippen molar-refractivity contribution in [3.8, 4) is 17.2 Å². The first kappa shape index (κ1) is 25.5. The highest BCUT2D eigenvalue weighted by Crippen LogP contribution is 2.34. The molecule has 0 aliphatic carbocycles. The van der Waals surface area contributed by atoms with Gasteiger partial charge in [-0.15, -0.1) is 11.3 Å². The molecule has 0 aliphatic rings. The maximum atomic E-state index is 13.2. The Bertz CT molecular complexity index is 1680. The number of nitrogens with one attached hydrogen (secondary N) is 1. The summed E-state index contributed by atoms with van der Waals surface area (Å²) in [7, 11) is -3.78. The van der Waals surface area contributed by atoms with Gasteiger partial charge in [-0.2, -0.15) is 0 Å². The number of amides is 1. The van der Waals surface area contributed by atoms with Crippen molar-refractivity contribution in [3.05, 3.63) is 89.8 Å². The lowest BCUT2D eigenvalue weighted by atomic mass is 10.2. The minimum absolute atomic E-state index is 0.104. The number of furan rings is 1. The van der Waals surface area contributed by atoms with Crippen LogP contribution in [0.4, 0.5) is 10.8 Å². The molecule has 0 spiro atoms. The van der Waals surface area contributed by atoms with E-state index in [0.29, 0.717) is 45.8 Å². The largest absolute Gasteiger partial charge is 0.490 e. The van der Waals surface area contributed by atoms with E-state index in [9.17, 15) is 13.2 Å². The van der Waals surface area contributed by atoms with Crippen molar-refractivity contribution in [1.29, 1.82) is 0 Å². The molecule has 0 saturated heterocycles. The number of aromatic nitrogens is 1. The number of hydrogen-bond acceptors (Lipinski definition) is 7. The standard InChI is InChI=1S/C28H25N3O5S2/c1-3-31(21-10-6-5-7-11-21)38(33,34)22-15-13-19(14-16-22)27(32)30-28-29-23(18-37-28)25-17-20-9-8-12-24(35-4-2)26(20)36-25/h5-18H,3-4H2,1-2H3,(H,29,30,32). The Morgan fingerprint density at radius 1 is 1.03 bits per heavy atom. The van der Waals surface area contributed by atoms with E-state index in [1.54, 1.807) is 36.6 Å². The molecule has 1 N–H and O–H groups in total. The maximum absolute atomic E-state index is 13.2. The summed E-state index contributed by atoms with van der Waals surface area (Å²) in [5, 5.41) is 5.87. The summed E-state index contributed by atoms with van der Waals surface area (Å²) in [6, 6.07) is 22.3. The summed E-state index contributed by atoms with van der Waals surface area (Å²) in [6.07, 6.45) is 0. The quantitative estimate of drug-likeness (QED) is 0.228. The summed E-state index contributed by atoms with van der Waals surface area (Å²) in [5.74, 6) is 0.835. The van der Waals surface area contributed by atoms with E-state index in [0.717, 1.165) is 5.39 Å². The number of nitrogens with zero attached hydrogens (tertiary/aromatic N) is 2. The number of rotatable bonds is 9. The molecule has 8 nitrogen and oxygen atoms in total. The molecule has 0 atom stereocenters. The Morgan fingerprint density at radius 3 is 2.50 bits per heavy atom. The van der Waals surface area contributed by atoms with Crippen molar-refractivity contribution >= 4 is 49.1 Å². The Hall–Kier alpha value is -4.15. The number of benzene rings is 3. The normalized spacial score (nSPS) is 11.4. The smallest absolute Gasteiger partial charge is 0.264 e. The zero-order chi connectivity index (χ0) is 26.7. The first-order chi connectivity index (χ1) is 18.4. The third-order valence-corrected chi connectivity index (χ3v) is 8.50. The highest BCUT2D eigenvalue weighted by atomic mass is 32.2. The first-order valence-corrected chi connectivity index (χ1v) is 14.3. The maximum Gasteiger partial charge on any atom is 0.264 e. The van der Waals surface area contributed by atoms with E-state index in [-0.39, 0.29) is 11.4 Å². The summed E-state index contributed by atoms with van der Waals surface area (Å²) < 4.78 is 39.3. The van der Waals surface area contributed by atoms with Crippen LogP contribution in [-0.4, -0.2) is 32.5 Å². The van der Waals surface area contributed by atoms with Gasteiger partial charge in [0.05, 0.1) is 17.2 Å². The van der Waals surface area contributed by atoms with Crippen molar-refractivity contribution in [2.24, 2.45) is 0 Å². The van der Waals surface area contributed by atoms with E-state index < -0.39 is 15.9 Å². The van der Waals surface area contributed by atoms with E-state index in [4.69, 9.17) is 9.15 Å². The monoisotopic (exact) mass is 547 g/mol. The fourth-order valence-electron chi connectivity index (χ4n) is 4.04. The van der Waals surface area contributed by atoms with Crippen LogP contribution in [0.2, 0.25) is 0 Å². The number of carbonyl (C=O) groups is 1. The minimum atomic E-state index is -3.78. The van der Waals surface area contributed by atoms with Crippen molar-refractivity contribution in [2.45, 2.75) is 18.7 Å². The number of hydrogen-bond donors (Lipinski definition) is 1. The Kier molecular flexibility index (Phi) is 7.17. The SMILES string of the molecule is CCOc1cccc2cc(-c3csc(NC(=O)c4ccc(S(=O)(=O)N(CC)c5ccccc5)cc4)n3)oc12. The molecular weight excluding hydrogens is 522 g/mol. The van der Waals surface area contributed by atoms with Gasteiger partial charge in [-0.25, -0.2) is 13.4 Å². The second-order valence-electron chi connectivity index (χ2n) is 8.24. The average molecular weight is 548 g/mol. The molecule has 0 unspecified atom stereocenters. The van der Waals surface area contributed by atoms with Gasteiger partial charge in [0.15, 0.2) is 22.2 Å². The number of fused-ring (bicyclic) bond motifs is 1. The van der Waals surface area contributed by atoms with Gasteiger partial charge in [0.1, 0.15) is 5.69 Å². The molecule has 2 heterocycles. The van der Waals surface area contributed by atoms with Crippen LogP contribution in [0.25, 0.3) is 22.4 Å². The van der Waals surface area contributed by atoms with Crippen molar-refractivity contribution < 1.29 is 22.4 Å². The van der Waals surface area contributed by atoms with Gasteiger partial charge in [0.2, 0.25) is 0 Å². The summed E-state index contributed by atoms with van der Waals surface area (Å²) >= 11 is 1.27. The fourth-order valence-corrected chi connectivity index (χ4v) is 6.20. The van der Waals surface area contributed by atoms with E-state index >= 15 is 0 Å². The third-order valence-electron chi connectivity index (χ3n) is 5.82. The van der Waals surface area contributed by atoms with Crippen LogP contribution in [0.1, 0.15) is 24.2 Å². The van der Waals surface area contributed by atoms with Gasteiger partial charge in [0, 0.05) is 22.9 Å². The first-order valence-electron chi connectivity index (χ1n) is 12.0. The molecule has 0 saturated carbocycles. The lowest BCUT2D eigenvalue weighted by Gasteiger charge is -2.22. The van der Waals surface area contributed by atoms with Crippen molar-refractivity contribution in [3.63, 3.8) is 0 Å². The van der Waals surface area contributed by atoms with Crippen LogP contribution in [0.15, 0.2) is 93.6 Å². The van der Waals surface area contributed by atoms with Crippen LogP contribution in [0, 0.1) is 0 Å². The molecule has 1 amide bonds. The van der Waals surface area contributed by atoms with Gasteiger partial charge in [0.25, 0.3) is 15.9 Å². The molecule has 0 aliphatic heterocycles. The number of anilines is 2. The molecule has 2 aromatic heterocycles. The van der Waals surface area contributed by atoms with Crippen LogP contribution >= 0.6 is 11.3 Å². The highest BCUT2D eigenvalue weighted by molar-refractivity contribution is 7.92. The molecule has 38 heavy (non-hydrogen) atoms. The number of thiazole rings is 1. The van der Waals surface area contributed by atoms with Gasteiger partial charge < -0.3 is 9.15 Å². The fraction of sp³-hybridized carbons (Fsp3) is 0.143. The van der Waals surface area contributed by atoms with Crippen molar-refractivity contribution in [1.82, 2.24) is 4.98 Å². The summed E-state index contributed by atoms with van der Waals surface area (Å²) in [4.78, 5) is 17.4. The van der Waals surface area contributed by atoms with Crippen molar-refractivity contribution in [2.75, 3.05) is 22.8 Å². The number of ether oxygens (including phenoxy) is 1. The van der Waals surface area contributed by atoms with Gasteiger partial charge in [-0.05, 0) is 62.4 Å². The third kappa shape index (κ3) is 5.00. The average Bonchev–Trinajstić information content (AvgIpc) is 3.57. The van der Waals surface area contributed by atoms with Crippen LogP contribution in [0.3, 0.4) is 0 Å². The molecule has 5 rings (SSSR count). The molecule has 194 valence electrons. The van der Waals surface area contributed by atoms with Crippen LogP contribution in [-0.2, 0) is 10.0 Å². The van der Waals surface area contributed by atoms with E-state index in [1.807, 2.05) is 37.3 Å². The number of carbonyl (C=O) groups excluding carboxylic acids is 1. The van der Waals surface area contributed by atoms with E-state index in [2.05, 4.69) is 10.3 Å². The topological polar surface area (TPSA) is 102 Å². The molecule has 0 fully saturated rings. The van der Waals surface area contributed by atoms with Gasteiger partial charge in [-0.1, -0.05) is 30.3 Å². The summed E-state index contributed by atoms with van der Waals surface area (Å²) in [6.45, 7) is 4.49. The molecule has 10 heteroatoms. The number of sulfonamides is 1. The second-order valence-corrected chi connectivity index (χ2v) is 11.0. The lowest BCUT2D eigenvalue weighted by molar-refractivity contribution is 0.102. The molecule has 3 aromatic carbocycles. The predicted octanol–water partition coefficient (Wildman–Crippen LogP) is 6.42. The van der Waals surface area contributed by atoms with Gasteiger partial charge >= 0.3 is 0 Å². The molecule has 0 radical (unpaired) electrons. The van der Waals surface area contributed by atoms with E-state index in [1.165, 1.54) is 39.9 Å². The minimum Gasteiger partial charge on any atom is -0.490 e. The highest BCUT2D eigenvalue weighted by Gasteiger charge is 2.24.